The van der Waals surface area contributed by atoms with E-state index in [9.17, 15) is 4.79 Å². The second kappa shape index (κ2) is 7.01. The van der Waals surface area contributed by atoms with Crippen molar-refractivity contribution in [3.63, 3.8) is 0 Å². The maximum absolute atomic E-state index is 12.0. The number of aryl methyl sites for hydroxylation is 1. The Hall–Kier alpha value is -2.12. The largest absolute Gasteiger partial charge is 0.297 e. The van der Waals surface area contributed by atoms with Crippen molar-refractivity contribution in [3.05, 3.63) is 58.3 Å². The molecule has 1 aromatic carbocycles. The summed E-state index contributed by atoms with van der Waals surface area (Å²) in [5.41, 5.74) is 2.04. The van der Waals surface area contributed by atoms with E-state index in [0.717, 1.165) is 31.6 Å². The van der Waals surface area contributed by atoms with Crippen molar-refractivity contribution in [1.29, 1.82) is 0 Å². The lowest BCUT2D eigenvalue weighted by Gasteiger charge is -2.31. The highest BCUT2D eigenvalue weighted by Crippen LogP contribution is 2.32. The fourth-order valence-electron chi connectivity index (χ4n) is 3.23. The number of aromatic amines is 1. The van der Waals surface area contributed by atoms with Gasteiger partial charge in [-0.15, -0.1) is 11.8 Å². The van der Waals surface area contributed by atoms with Crippen molar-refractivity contribution in [2.75, 3.05) is 13.1 Å². The molecule has 3 aromatic rings. The quantitative estimate of drug-likeness (QED) is 0.779. The second-order valence-electron chi connectivity index (χ2n) is 6.47. The standard InChI is InChI=1S/C18H21N5OS/c1-13-4-2-3-5-16(13)25-15-6-8-22(9-7-15)11-14-10-17(24)23-18(21-14)19-12-20-23/h2-5,10,12,15H,6-9,11H2,1H3,(H,19,20,21). The topological polar surface area (TPSA) is 66.3 Å². The first kappa shape index (κ1) is 16.4. The van der Waals surface area contributed by atoms with E-state index < -0.39 is 0 Å². The van der Waals surface area contributed by atoms with Gasteiger partial charge < -0.3 is 0 Å². The highest BCUT2D eigenvalue weighted by Gasteiger charge is 2.21. The molecule has 7 heteroatoms. The monoisotopic (exact) mass is 355 g/mol. The molecule has 0 atom stereocenters. The molecule has 0 spiro atoms. The van der Waals surface area contributed by atoms with Crippen molar-refractivity contribution in [2.24, 2.45) is 0 Å². The van der Waals surface area contributed by atoms with Gasteiger partial charge in [-0.2, -0.15) is 4.52 Å². The maximum Gasteiger partial charge on any atom is 0.274 e. The van der Waals surface area contributed by atoms with Gasteiger partial charge in [-0.25, -0.2) is 9.97 Å². The Bertz CT molecular complexity index is 926. The molecule has 0 bridgehead atoms. The lowest BCUT2D eigenvalue weighted by atomic mass is 10.1. The SMILES string of the molecule is Cc1ccccc1SC1CCN(Cc2cc(=O)n3[nH]cnc3n2)CC1. The molecule has 0 unspecified atom stereocenters. The Kier molecular flexibility index (Phi) is 4.59. The summed E-state index contributed by atoms with van der Waals surface area (Å²) in [7, 11) is 0. The van der Waals surface area contributed by atoms with Gasteiger partial charge in [0.1, 0.15) is 6.33 Å². The van der Waals surface area contributed by atoms with E-state index in [1.807, 2.05) is 11.8 Å². The van der Waals surface area contributed by atoms with Gasteiger partial charge in [0.25, 0.3) is 11.3 Å². The van der Waals surface area contributed by atoms with Crippen molar-refractivity contribution < 1.29 is 0 Å². The summed E-state index contributed by atoms with van der Waals surface area (Å²) >= 11 is 2.00. The van der Waals surface area contributed by atoms with Crippen LogP contribution in [0.1, 0.15) is 24.1 Å². The van der Waals surface area contributed by atoms with Crippen LogP contribution in [0.4, 0.5) is 0 Å². The number of rotatable bonds is 4. The average molecular weight is 355 g/mol. The summed E-state index contributed by atoms with van der Waals surface area (Å²) in [4.78, 5) is 24.3. The van der Waals surface area contributed by atoms with Crippen molar-refractivity contribution in [2.45, 2.75) is 36.5 Å². The number of benzene rings is 1. The molecule has 0 saturated carbocycles. The van der Waals surface area contributed by atoms with Crippen LogP contribution in [-0.2, 0) is 6.54 Å². The number of fused-ring (bicyclic) bond motifs is 1. The minimum absolute atomic E-state index is 0.109. The summed E-state index contributed by atoms with van der Waals surface area (Å²) in [6.45, 7) is 4.95. The Balaban J connectivity index is 1.37. The molecule has 1 saturated heterocycles. The predicted octanol–water partition coefficient (Wildman–Crippen LogP) is 2.48. The molecule has 130 valence electrons. The lowest BCUT2D eigenvalue weighted by molar-refractivity contribution is 0.222. The molecule has 1 fully saturated rings. The van der Waals surface area contributed by atoms with Crippen LogP contribution in [0.3, 0.4) is 0 Å². The Morgan fingerprint density at radius 2 is 2.08 bits per heavy atom. The van der Waals surface area contributed by atoms with Crippen LogP contribution in [0.25, 0.3) is 5.78 Å². The number of likely N-dealkylation sites (tertiary alicyclic amines) is 1. The zero-order chi connectivity index (χ0) is 17.2. The van der Waals surface area contributed by atoms with E-state index in [1.54, 1.807) is 6.07 Å². The van der Waals surface area contributed by atoms with Crippen LogP contribution in [0.5, 0.6) is 0 Å². The highest BCUT2D eigenvalue weighted by atomic mass is 32.2. The maximum atomic E-state index is 12.0. The van der Waals surface area contributed by atoms with E-state index in [4.69, 9.17) is 0 Å². The predicted molar refractivity (Wildman–Crippen MR) is 98.9 cm³/mol. The van der Waals surface area contributed by atoms with E-state index >= 15 is 0 Å². The molecule has 25 heavy (non-hydrogen) atoms. The van der Waals surface area contributed by atoms with E-state index in [0.29, 0.717) is 17.6 Å². The van der Waals surface area contributed by atoms with Crippen LogP contribution >= 0.6 is 11.8 Å². The first-order valence-electron chi connectivity index (χ1n) is 8.56. The summed E-state index contributed by atoms with van der Waals surface area (Å²) in [6.07, 6.45) is 3.80. The van der Waals surface area contributed by atoms with Crippen molar-refractivity contribution in [1.82, 2.24) is 24.5 Å². The number of hydrogen-bond acceptors (Lipinski definition) is 5. The number of aromatic nitrogens is 4. The normalized spacial score (nSPS) is 16.5. The average Bonchev–Trinajstić information content (AvgIpc) is 3.08. The van der Waals surface area contributed by atoms with Crippen LogP contribution in [0.15, 0.2) is 46.3 Å². The number of hydrogen-bond donors (Lipinski definition) is 1. The summed E-state index contributed by atoms with van der Waals surface area (Å²) in [6, 6.07) is 10.2. The molecule has 0 aliphatic carbocycles. The molecule has 1 N–H and O–H groups in total. The van der Waals surface area contributed by atoms with Gasteiger partial charge in [0.15, 0.2) is 0 Å². The fraction of sp³-hybridized carbons (Fsp3) is 0.389. The molecule has 1 aliphatic rings. The number of H-pyrrole nitrogens is 1. The van der Waals surface area contributed by atoms with E-state index in [2.05, 4.69) is 51.2 Å². The third kappa shape index (κ3) is 3.62. The number of nitrogens with zero attached hydrogens (tertiary/aromatic N) is 4. The molecule has 4 rings (SSSR count). The fourth-order valence-corrected chi connectivity index (χ4v) is 4.45. The summed E-state index contributed by atoms with van der Waals surface area (Å²) < 4.78 is 1.36. The molecule has 0 radical (unpaired) electrons. The summed E-state index contributed by atoms with van der Waals surface area (Å²) in [5.74, 6) is 0.437. The van der Waals surface area contributed by atoms with Crippen LogP contribution in [-0.4, -0.2) is 42.8 Å². The first-order chi connectivity index (χ1) is 12.2. The zero-order valence-electron chi connectivity index (χ0n) is 14.2. The molecular formula is C18H21N5OS. The molecule has 0 amide bonds. The van der Waals surface area contributed by atoms with Gasteiger partial charge >= 0.3 is 0 Å². The number of thioether (sulfide) groups is 1. The minimum Gasteiger partial charge on any atom is -0.297 e. The van der Waals surface area contributed by atoms with Gasteiger partial charge in [0.05, 0.1) is 5.69 Å². The van der Waals surface area contributed by atoms with Crippen LogP contribution in [0.2, 0.25) is 0 Å². The molecule has 2 aromatic heterocycles. The van der Waals surface area contributed by atoms with Gasteiger partial charge in [-0.05, 0) is 44.5 Å². The van der Waals surface area contributed by atoms with Gasteiger partial charge in [-0.3, -0.25) is 14.8 Å². The Morgan fingerprint density at radius 3 is 2.88 bits per heavy atom. The zero-order valence-corrected chi connectivity index (χ0v) is 15.0. The van der Waals surface area contributed by atoms with E-state index in [1.165, 1.54) is 21.3 Å². The Morgan fingerprint density at radius 1 is 1.28 bits per heavy atom. The van der Waals surface area contributed by atoms with Crippen LogP contribution in [0, 0.1) is 6.92 Å². The van der Waals surface area contributed by atoms with Gasteiger partial charge in [0, 0.05) is 22.8 Å². The molecule has 1 aliphatic heterocycles. The third-order valence-electron chi connectivity index (χ3n) is 4.63. The first-order valence-corrected chi connectivity index (χ1v) is 9.44. The number of piperidine rings is 1. The second-order valence-corrected chi connectivity index (χ2v) is 7.81. The van der Waals surface area contributed by atoms with E-state index in [-0.39, 0.29) is 5.56 Å². The molecular weight excluding hydrogens is 334 g/mol. The molecule has 6 nitrogen and oxygen atoms in total. The van der Waals surface area contributed by atoms with Gasteiger partial charge in [-0.1, -0.05) is 18.2 Å². The van der Waals surface area contributed by atoms with Crippen LogP contribution < -0.4 is 5.56 Å². The minimum atomic E-state index is -0.109. The summed E-state index contributed by atoms with van der Waals surface area (Å²) in [5, 5.41) is 3.42. The highest BCUT2D eigenvalue weighted by molar-refractivity contribution is 8.00. The Labute approximate surface area is 150 Å². The smallest absolute Gasteiger partial charge is 0.274 e. The van der Waals surface area contributed by atoms with Gasteiger partial charge in [0.2, 0.25) is 0 Å². The number of nitrogens with one attached hydrogen (secondary N) is 1. The molecule has 3 heterocycles. The van der Waals surface area contributed by atoms with Crippen molar-refractivity contribution in [3.8, 4) is 0 Å². The third-order valence-corrected chi connectivity index (χ3v) is 6.15. The van der Waals surface area contributed by atoms with Crippen molar-refractivity contribution >= 4 is 17.5 Å². The lowest BCUT2D eigenvalue weighted by Crippen LogP contribution is -2.35.